The van der Waals surface area contributed by atoms with E-state index in [2.05, 4.69) is 19.2 Å². The largest absolute Gasteiger partial charge is 0.330 e. The second-order valence-electron chi connectivity index (χ2n) is 5.72. The Hall–Kier alpha value is -0.0800. The first-order valence-corrected chi connectivity index (χ1v) is 7.13. The molecule has 96 valence electrons. The van der Waals surface area contributed by atoms with Crippen molar-refractivity contribution >= 4 is 0 Å². The zero-order valence-electron chi connectivity index (χ0n) is 11.2. The normalized spacial score (nSPS) is 21.2. The molecule has 1 fully saturated rings. The highest BCUT2D eigenvalue weighted by atomic mass is 14.9. The molecule has 0 aromatic heterocycles. The summed E-state index contributed by atoms with van der Waals surface area (Å²) in [6, 6.07) is 0. The molecular formula is C14H30N2. The van der Waals surface area contributed by atoms with Crippen LogP contribution in [0.3, 0.4) is 0 Å². The van der Waals surface area contributed by atoms with Crippen molar-refractivity contribution in [1.29, 1.82) is 0 Å². The van der Waals surface area contributed by atoms with Crippen LogP contribution in [-0.4, -0.2) is 19.6 Å². The van der Waals surface area contributed by atoms with Gasteiger partial charge in [-0.1, -0.05) is 26.7 Å². The van der Waals surface area contributed by atoms with E-state index < -0.39 is 0 Å². The van der Waals surface area contributed by atoms with E-state index in [1.807, 2.05) is 0 Å². The molecule has 1 atom stereocenters. The van der Waals surface area contributed by atoms with Gasteiger partial charge in [0.2, 0.25) is 0 Å². The number of hydrogen-bond acceptors (Lipinski definition) is 2. The summed E-state index contributed by atoms with van der Waals surface area (Å²) >= 11 is 0. The van der Waals surface area contributed by atoms with E-state index >= 15 is 0 Å². The van der Waals surface area contributed by atoms with Gasteiger partial charge in [-0.05, 0) is 56.5 Å². The van der Waals surface area contributed by atoms with Gasteiger partial charge in [0.25, 0.3) is 0 Å². The topological polar surface area (TPSA) is 38.0 Å². The summed E-state index contributed by atoms with van der Waals surface area (Å²) in [5.74, 6) is 0.688. The molecule has 1 aliphatic rings. The Labute approximate surface area is 101 Å². The minimum atomic E-state index is 0.638. The van der Waals surface area contributed by atoms with Crippen molar-refractivity contribution in [1.82, 2.24) is 5.32 Å². The maximum absolute atomic E-state index is 5.61. The van der Waals surface area contributed by atoms with E-state index in [0.717, 1.165) is 6.54 Å². The molecule has 0 spiro atoms. The fraction of sp³-hybridized carbons (Fsp3) is 1.00. The van der Waals surface area contributed by atoms with Crippen molar-refractivity contribution in [3.8, 4) is 0 Å². The summed E-state index contributed by atoms with van der Waals surface area (Å²) in [7, 11) is 0. The van der Waals surface area contributed by atoms with Gasteiger partial charge in [0.05, 0.1) is 0 Å². The molecule has 2 nitrogen and oxygen atoms in total. The maximum Gasteiger partial charge on any atom is 0.000770 e. The van der Waals surface area contributed by atoms with Gasteiger partial charge < -0.3 is 11.1 Å². The van der Waals surface area contributed by atoms with Crippen LogP contribution in [0.1, 0.15) is 58.8 Å². The Kier molecular flexibility index (Phi) is 6.37. The smallest absolute Gasteiger partial charge is 0.000770 e. The summed E-state index contributed by atoms with van der Waals surface area (Å²) in [6.45, 7) is 7.83. The summed E-state index contributed by atoms with van der Waals surface area (Å²) in [5.41, 5.74) is 6.25. The Bertz CT molecular complexity index is 174. The molecule has 2 heteroatoms. The van der Waals surface area contributed by atoms with E-state index in [1.54, 1.807) is 0 Å². The number of rotatable bonds is 8. The monoisotopic (exact) mass is 226 g/mol. The van der Waals surface area contributed by atoms with Crippen LogP contribution in [0.15, 0.2) is 0 Å². The third-order valence-electron chi connectivity index (χ3n) is 4.37. The van der Waals surface area contributed by atoms with Gasteiger partial charge in [-0.3, -0.25) is 0 Å². The number of nitrogens with two attached hydrogens (primary N) is 1. The SMILES string of the molecule is CCC1(CNCCCC(C)CN)CCCC1. The molecule has 0 radical (unpaired) electrons. The van der Waals surface area contributed by atoms with Crippen molar-refractivity contribution in [2.45, 2.75) is 58.8 Å². The molecule has 1 aliphatic carbocycles. The van der Waals surface area contributed by atoms with E-state index in [0.29, 0.717) is 11.3 Å². The Morgan fingerprint density at radius 2 is 2.00 bits per heavy atom. The standard InChI is InChI=1S/C14H30N2/c1-3-14(8-4-5-9-14)12-16-10-6-7-13(2)11-15/h13,16H,3-12,15H2,1-2H3. The van der Waals surface area contributed by atoms with Crippen LogP contribution in [0, 0.1) is 11.3 Å². The molecule has 0 amide bonds. The van der Waals surface area contributed by atoms with Crippen LogP contribution >= 0.6 is 0 Å². The third-order valence-corrected chi connectivity index (χ3v) is 4.37. The Morgan fingerprint density at radius 1 is 1.31 bits per heavy atom. The number of hydrogen-bond donors (Lipinski definition) is 2. The van der Waals surface area contributed by atoms with E-state index in [1.165, 1.54) is 58.0 Å². The average molecular weight is 226 g/mol. The molecule has 3 N–H and O–H groups in total. The van der Waals surface area contributed by atoms with Crippen molar-refractivity contribution in [3.63, 3.8) is 0 Å². The predicted molar refractivity (Wildman–Crippen MR) is 71.5 cm³/mol. The molecule has 0 aromatic rings. The first-order valence-electron chi connectivity index (χ1n) is 7.13. The quantitative estimate of drug-likeness (QED) is 0.625. The van der Waals surface area contributed by atoms with E-state index in [9.17, 15) is 0 Å². The van der Waals surface area contributed by atoms with Gasteiger partial charge in [-0.25, -0.2) is 0 Å². The molecular weight excluding hydrogens is 196 g/mol. The first-order chi connectivity index (χ1) is 7.72. The summed E-state index contributed by atoms with van der Waals surface area (Å²) in [5, 5.41) is 3.66. The lowest BCUT2D eigenvalue weighted by molar-refractivity contribution is 0.267. The maximum atomic E-state index is 5.61. The third kappa shape index (κ3) is 4.42. The van der Waals surface area contributed by atoms with Gasteiger partial charge in [0, 0.05) is 6.54 Å². The van der Waals surface area contributed by atoms with Crippen LogP contribution in [0.5, 0.6) is 0 Å². The van der Waals surface area contributed by atoms with E-state index in [-0.39, 0.29) is 0 Å². The Balaban J connectivity index is 2.05. The first kappa shape index (κ1) is 14.0. The zero-order chi connectivity index (χ0) is 11.9. The van der Waals surface area contributed by atoms with Crippen LogP contribution in [0.2, 0.25) is 0 Å². The highest BCUT2D eigenvalue weighted by Crippen LogP contribution is 2.40. The fourth-order valence-electron chi connectivity index (χ4n) is 2.83. The lowest BCUT2D eigenvalue weighted by Crippen LogP contribution is -2.32. The second-order valence-corrected chi connectivity index (χ2v) is 5.72. The second kappa shape index (κ2) is 7.29. The molecule has 0 aliphatic heterocycles. The number of nitrogens with one attached hydrogen (secondary N) is 1. The summed E-state index contributed by atoms with van der Waals surface area (Å²) in [4.78, 5) is 0. The Morgan fingerprint density at radius 3 is 2.56 bits per heavy atom. The van der Waals surface area contributed by atoms with Crippen molar-refractivity contribution in [2.24, 2.45) is 17.1 Å². The molecule has 0 saturated heterocycles. The van der Waals surface area contributed by atoms with Crippen LogP contribution in [0.25, 0.3) is 0 Å². The lowest BCUT2D eigenvalue weighted by atomic mass is 9.83. The average Bonchev–Trinajstić information content (AvgIpc) is 2.77. The zero-order valence-corrected chi connectivity index (χ0v) is 11.2. The van der Waals surface area contributed by atoms with Crippen LogP contribution in [-0.2, 0) is 0 Å². The molecule has 1 unspecified atom stereocenters. The summed E-state index contributed by atoms with van der Waals surface area (Å²) in [6.07, 6.45) is 9.66. The molecule has 0 aromatic carbocycles. The molecule has 16 heavy (non-hydrogen) atoms. The molecule has 1 saturated carbocycles. The molecule has 0 bridgehead atoms. The lowest BCUT2D eigenvalue weighted by Gasteiger charge is -2.27. The van der Waals surface area contributed by atoms with Crippen molar-refractivity contribution < 1.29 is 0 Å². The van der Waals surface area contributed by atoms with E-state index in [4.69, 9.17) is 5.73 Å². The van der Waals surface area contributed by atoms with Gasteiger partial charge in [-0.15, -0.1) is 0 Å². The predicted octanol–water partition coefficient (Wildman–Crippen LogP) is 2.92. The highest BCUT2D eigenvalue weighted by molar-refractivity contribution is 4.85. The van der Waals surface area contributed by atoms with Crippen LogP contribution < -0.4 is 11.1 Å². The van der Waals surface area contributed by atoms with Crippen molar-refractivity contribution in [3.05, 3.63) is 0 Å². The van der Waals surface area contributed by atoms with Gasteiger partial charge in [-0.2, -0.15) is 0 Å². The van der Waals surface area contributed by atoms with Gasteiger partial charge in [0.1, 0.15) is 0 Å². The van der Waals surface area contributed by atoms with Crippen LogP contribution in [0.4, 0.5) is 0 Å². The van der Waals surface area contributed by atoms with Gasteiger partial charge in [0.15, 0.2) is 0 Å². The van der Waals surface area contributed by atoms with Gasteiger partial charge >= 0.3 is 0 Å². The fourth-order valence-corrected chi connectivity index (χ4v) is 2.83. The summed E-state index contributed by atoms with van der Waals surface area (Å²) < 4.78 is 0. The molecule has 1 rings (SSSR count). The van der Waals surface area contributed by atoms with Crippen molar-refractivity contribution in [2.75, 3.05) is 19.6 Å². The minimum absolute atomic E-state index is 0.638. The highest BCUT2D eigenvalue weighted by Gasteiger charge is 2.31. The minimum Gasteiger partial charge on any atom is -0.330 e. The molecule has 0 heterocycles.